The third-order valence-electron chi connectivity index (χ3n) is 2.82. The Morgan fingerprint density at radius 3 is 2.79 bits per heavy atom. The fraction of sp³-hybridized carbons (Fsp3) is 0.364. The van der Waals surface area contributed by atoms with Gasteiger partial charge < -0.3 is 15.5 Å². The summed E-state index contributed by atoms with van der Waals surface area (Å²) in [5.41, 5.74) is 8.89. The van der Waals surface area contributed by atoms with Gasteiger partial charge in [0.2, 0.25) is 0 Å². The summed E-state index contributed by atoms with van der Waals surface area (Å²) in [4.78, 5) is 0. The van der Waals surface area contributed by atoms with E-state index in [4.69, 9.17) is 5.73 Å². The summed E-state index contributed by atoms with van der Waals surface area (Å²) < 4.78 is 0.439. The molecule has 19 heavy (non-hydrogen) atoms. The molecule has 4 N–H and O–H groups in total. The van der Waals surface area contributed by atoms with Crippen LogP contribution in [0.25, 0.3) is 0 Å². The summed E-state index contributed by atoms with van der Waals surface area (Å²) in [6.07, 6.45) is -0.877. The Morgan fingerprint density at radius 1 is 1.53 bits per heavy atom. The van der Waals surface area contributed by atoms with Crippen LogP contribution in [0.4, 0.5) is 11.4 Å². The molecule has 2 rings (SSSR count). The molecular formula is C11H16N5O3-. The molecule has 104 valence electrons. The van der Waals surface area contributed by atoms with Gasteiger partial charge in [-0.3, -0.25) is 10.9 Å². The minimum Gasteiger partial charge on any atom is -0.740 e. The first-order chi connectivity index (χ1) is 8.99. The first-order valence-corrected chi connectivity index (χ1v) is 5.90. The Balaban J connectivity index is 2.62. The Hall–Kier alpha value is -2.03. The molecule has 0 aliphatic carbocycles. The minimum absolute atomic E-state index is 0.0687. The van der Waals surface area contributed by atoms with Crippen molar-refractivity contribution in [1.82, 2.24) is 10.5 Å². The van der Waals surface area contributed by atoms with E-state index in [1.807, 2.05) is 0 Å². The van der Waals surface area contributed by atoms with Gasteiger partial charge in [-0.25, -0.2) is 4.74 Å². The average molecular weight is 266 g/mol. The average Bonchev–Trinajstić information content (AvgIpc) is 2.40. The highest BCUT2D eigenvalue weighted by Gasteiger charge is 2.30. The van der Waals surface area contributed by atoms with Gasteiger partial charge >= 0.3 is 5.96 Å². The van der Waals surface area contributed by atoms with E-state index in [9.17, 15) is 15.5 Å². The van der Waals surface area contributed by atoms with Crippen LogP contribution in [0.5, 0.6) is 0 Å². The van der Waals surface area contributed by atoms with Crippen molar-refractivity contribution in [2.45, 2.75) is 20.0 Å². The molecule has 0 saturated heterocycles. The molecule has 0 spiro atoms. The van der Waals surface area contributed by atoms with Crippen LogP contribution in [0.15, 0.2) is 18.2 Å². The number of aliphatic hydroxyl groups excluding tert-OH is 1. The number of guanidine groups is 1. The van der Waals surface area contributed by atoms with Crippen molar-refractivity contribution in [2.75, 3.05) is 11.7 Å². The van der Waals surface area contributed by atoms with Crippen molar-refractivity contribution in [3.05, 3.63) is 34.2 Å². The van der Waals surface area contributed by atoms with Crippen molar-refractivity contribution in [1.29, 1.82) is 0 Å². The second-order valence-corrected chi connectivity index (χ2v) is 4.14. The number of hydrazine groups is 2. The molecule has 0 radical (unpaired) electrons. The van der Waals surface area contributed by atoms with Crippen molar-refractivity contribution in [3.8, 4) is 0 Å². The topological polar surface area (TPSA) is 114 Å². The predicted octanol–water partition coefficient (Wildman–Crippen LogP) is 0.256. The van der Waals surface area contributed by atoms with Gasteiger partial charge in [-0.15, -0.1) is 0 Å². The van der Waals surface area contributed by atoms with Crippen LogP contribution >= 0.6 is 0 Å². The number of nitrogens with zero attached hydrogens (tertiary/aromatic N) is 3. The number of para-hydroxylation sites is 1. The quantitative estimate of drug-likeness (QED) is 0.531. The van der Waals surface area contributed by atoms with E-state index < -0.39 is 6.10 Å². The van der Waals surface area contributed by atoms with Crippen LogP contribution in [0, 0.1) is 10.4 Å². The molecule has 0 saturated carbocycles. The highest BCUT2D eigenvalue weighted by molar-refractivity contribution is 5.83. The molecular weight excluding hydrogens is 250 g/mol. The number of hydrogen-bond donors (Lipinski definition) is 3. The van der Waals surface area contributed by atoms with Gasteiger partial charge in [0.15, 0.2) is 0 Å². The van der Waals surface area contributed by atoms with Gasteiger partial charge in [-0.2, -0.15) is 5.43 Å². The lowest BCUT2D eigenvalue weighted by atomic mass is 10.1. The van der Waals surface area contributed by atoms with Gasteiger partial charge in [0.05, 0.1) is 11.8 Å². The zero-order chi connectivity index (χ0) is 14.2. The smallest absolute Gasteiger partial charge is 0.391 e. The highest BCUT2D eigenvalue weighted by atomic mass is 16.6. The zero-order valence-corrected chi connectivity index (χ0v) is 10.7. The molecule has 1 aliphatic rings. The van der Waals surface area contributed by atoms with Crippen molar-refractivity contribution in [2.24, 2.45) is 5.73 Å². The second-order valence-electron chi connectivity index (χ2n) is 4.14. The van der Waals surface area contributed by atoms with Crippen LogP contribution in [0.1, 0.15) is 25.5 Å². The minimum atomic E-state index is -0.877. The van der Waals surface area contributed by atoms with Crippen LogP contribution in [0.2, 0.25) is 0 Å². The Labute approximate surface area is 110 Å². The molecule has 0 aromatic heterocycles. The standard InChI is InChI=1S/C11H16N5O3/c1-3-13-15-11(12)14(18)10-8(7(2)17)5-4-6-9(10)16(15)19/h4-7,13,17H,3,12H2,1-2H3/q-1. The van der Waals surface area contributed by atoms with Gasteiger partial charge in [0.1, 0.15) is 5.69 Å². The molecule has 0 bridgehead atoms. The van der Waals surface area contributed by atoms with Gasteiger partial charge in [0, 0.05) is 12.1 Å². The normalized spacial score (nSPS) is 16.6. The summed E-state index contributed by atoms with van der Waals surface area (Å²) in [7, 11) is 0. The fourth-order valence-electron chi connectivity index (χ4n) is 1.96. The maximum atomic E-state index is 12.2. The maximum absolute atomic E-state index is 12.2. The Kier molecular flexibility index (Phi) is 3.47. The lowest BCUT2D eigenvalue weighted by molar-refractivity contribution is -0.374. The van der Waals surface area contributed by atoms with E-state index in [1.54, 1.807) is 19.1 Å². The van der Waals surface area contributed by atoms with E-state index in [2.05, 4.69) is 5.43 Å². The van der Waals surface area contributed by atoms with Gasteiger partial charge in [-0.05, 0) is 19.9 Å². The number of anilines is 1. The third kappa shape index (κ3) is 2.05. The molecule has 8 heteroatoms. The number of aliphatic hydroxyl groups is 1. The maximum Gasteiger partial charge on any atom is 0.391 e. The van der Waals surface area contributed by atoms with Gasteiger partial charge in [0.25, 0.3) is 0 Å². The molecule has 1 aromatic carbocycles. The summed E-state index contributed by atoms with van der Waals surface area (Å²) in [5, 5.41) is 35.4. The first-order valence-electron chi connectivity index (χ1n) is 5.90. The molecule has 1 aliphatic heterocycles. The van der Waals surface area contributed by atoms with Crippen LogP contribution in [-0.4, -0.2) is 27.5 Å². The molecule has 1 heterocycles. The molecule has 0 fully saturated rings. The zero-order valence-electron chi connectivity index (χ0n) is 10.7. The summed E-state index contributed by atoms with van der Waals surface area (Å²) in [5.74, 6) is -0.294. The molecule has 1 unspecified atom stereocenters. The van der Waals surface area contributed by atoms with E-state index in [-0.39, 0.29) is 17.3 Å². The summed E-state index contributed by atoms with van der Waals surface area (Å²) in [6, 6.07) is 4.68. The third-order valence-corrected chi connectivity index (χ3v) is 2.82. The van der Waals surface area contributed by atoms with Gasteiger partial charge in [-0.1, -0.05) is 17.3 Å². The largest absolute Gasteiger partial charge is 0.740 e. The fourth-order valence-corrected chi connectivity index (χ4v) is 1.96. The van der Waals surface area contributed by atoms with E-state index in [1.165, 1.54) is 13.0 Å². The van der Waals surface area contributed by atoms with Crippen molar-refractivity contribution < 1.29 is 9.85 Å². The van der Waals surface area contributed by atoms with E-state index >= 15 is 0 Å². The number of nitrogens with one attached hydrogen (secondary N) is 1. The van der Waals surface area contributed by atoms with E-state index in [0.717, 1.165) is 5.12 Å². The number of hydrogen-bond acceptors (Lipinski definition) is 7. The van der Waals surface area contributed by atoms with Crippen LogP contribution < -0.4 is 16.3 Å². The Bertz CT molecular complexity index is 517. The predicted molar refractivity (Wildman–Crippen MR) is 70.9 cm³/mol. The highest BCUT2D eigenvalue weighted by Crippen LogP contribution is 2.37. The Morgan fingerprint density at radius 2 is 2.21 bits per heavy atom. The number of rotatable bonds is 3. The second kappa shape index (κ2) is 4.92. The molecule has 1 aromatic rings. The monoisotopic (exact) mass is 266 g/mol. The number of benzene rings is 1. The first kappa shape index (κ1) is 13.4. The SMILES string of the molecule is CCNN1C(N)=[N+]([O-])c2c(C(C)O)cccc2N1[O-]. The lowest BCUT2D eigenvalue weighted by Crippen LogP contribution is -2.59. The molecule has 0 amide bonds. The van der Waals surface area contributed by atoms with Crippen LogP contribution in [0.3, 0.4) is 0 Å². The number of fused-ring (bicyclic) bond motifs is 1. The molecule has 8 nitrogen and oxygen atoms in total. The summed E-state index contributed by atoms with van der Waals surface area (Å²) in [6.45, 7) is 3.72. The van der Waals surface area contributed by atoms with Crippen molar-refractivity contribution >= 4 is 17.3 Å². The molecule has 1 atom stereocenters. The van der Waals surface area contributed by atoms with Crippen molar-refractivity contribution in [3.63, 3.8) is 0 Å². The van der Waals surface area contributed by atoms with E-state index in [0.29, 0.717) is 22.0 Å². The summed E-state index contributed by atoms with van der Waals surface area (Å²) >= 11 is 0. The van der Waals surface area contributed by atoms with Crippen LogP contribution in [-0.2, 0) is 0 Å². The number of nitrogens with two attached hydrogens (primary N) is 1. The lowest BCUT2D eigenvalue weighted by Gasteiger charge is -2.42.